The third kappa shape index (κ3) is 3.27. The van der Waals surface area contributed by atoms with E-state index in [2.05, 4.69) is 11.4 Å². The number of carbonyl (C=O) groups is 1. The third-order valence-corrected chi connectivity index (χ3v) is 4.05. The molecular weight excluding hydrogens is 244 g/mol. The van der Waals surface area contributed by atoms with Gasteiger partial charge in [-0.1, -0.05) is 25.0 Å². The lowest BCUT2D eigenvalue weighted by molar-refractivity contribution is 0.0935. The molecule has 1 saturated carbocycles. The monoisotopic (exact) mass is 260 g/mol. The summed E-state index contributed by atoms with van der Waals surface area (Å²) in [6, 6.07) is 9.89. The quantitative estimate of drug-likeness (QED) is 0.847. The standard InChI is InChI=1S/C14H16N2OS/c15-9-10-18-13-8-4-3-7-12(13)14(17)16-11-5-1-2-6-11/h3-4,7-8,11H,1-2,5-6,10H2,(H,16,17). The van der Waals surface area contributed by atoms with Crippen molar-refractivity contribution in [2.24, 2.45) is 0 Å². The van der Waals surface area contributed by atoms with Gasteiger partial charge < -0.3 is 5.32 Å². The van der Waals surface area contributed by atoms with Crippen LogP contribution in [0.5, 0.6) is 0 Å². The summed E-state index contributed by atoms with van der Waals surface area (Å²) in [4.78, 5) is 13.1. The predicted octanol–water partition coefficient (Wildman–Crippen LogP) is 2.97. The van der Waals surface area contributed by atoms with Crippen molar-refractivity contribution < 1.29 is 4.79 Å². The molecule has 0 heterocycles. The average molecular weight is 260 g/mol. The highest BCUT2D eigenvalue weighted by molar-refractivity contribution is 7.99. The summed E-state index contributed by atoms with van der Waals surface area (Å²) in [7, 11) is 0. The van der Waals surface area contributed by atoms with E-state index in [4.69, 9.17) is 5.26 Å². The fraction of sp³-hybridized carbons (Fsp3) is 0.429. The first-order valence-electron chi connectivity index (χ1n) is 6.21. The Morgan fingerprint density at radius 1 is 1.39 bits per heavy atom. The number of benzene rings is 1. The van der Waals surface area contributed by atoms with E-state index in [9.17, 15) is 4.79 Å². The van der Waals surface area contributed by atoms with Gasteiger partial charge in [0, 0.05) is 10.9 Å². The molecule has 3 nitrogen and oxygen atoms in total. The third-order valence-electron chi connectivity index (χ3n) is 3.11. The smallest absolute Gasteiger partial charge is 0.252 e. The zero-order chi connectivity index (χ0) is 12.8. The molecule has 4 heteroatoms. The van der Waals surface area contributed by atoms with Crippen molar-refractivity contribution in [3.05, 3.63) is 29.8 Å². The van der Waals surface area contributed by atoms with Crippen molar-refractivity contribution in [2.45, 2.75) is 36.6 Å². The molecule has 0 unspecified atom stereocenters. The number of nitriles is 1. The van der Waals surface area contributed by atoms with Crippen LogP contribution in [0.3, 0.4) is 0 Å². The van der Waals surface area contributed by atoms with Crippen molar-refractivity contribution in [2.75, 3.05) is 5.75 Å². The summed E-state index contributed by atoms with van der Waals surface area (Å²) in [5, 5.41) is 11.7. The first-order chi connectivity index (χ1) is 8.81. The Kier molecular flexibility index (Phi) is 4.66. The first kappa shape index (κ1) is 13.0. The molecular formula is C14H16N2OS. The van der Waals surface area contributed by atoms with Gasteiger partial charge in [0.05, 0.1) is 17.4 Å². The van der Waals surface area contributed by atoms with Crippen LogP contribution >= 0.6 is 11.8 Å². The molecule has 0 bridgehead atoms. The number of nitrogens with zero attached hydrogens (tertiary/aromatic N) is 1. The molecule has 2 rings (SSSR count). The minimum absolute atomic E-state index is 0.0112. The molecule has 1 amide bonds. The van der Waals surface area contributed by atoms with Crippen LogP contribution in [-0.4, -0.2) is 17.7 Å². The van der Waals surface area contributed by atoms with Gasteiger partial charge in [0.2, 0.25) is 0 Å². The minimum Gasteiger partial charge on any atom is -0.349 e. The highest BCUT2D eigenvalue weighted by Gasteiger charge is 2.19. The molecule has 0 saturated heterocycles. The summed E-state index contributed by atoms with van der Waals surface area (Å²) in [6.45, 7) is 0. The largest absolute Gasteiger partial charge is 0.349 e. The molecule has 94 valence electrons. The molecule has 0 aromatic heterocycles. The van der Waals surface area contributed by atoms with Crippen molar-refractivity contribution in [1.82, 2.24) is 5.32 Å². The lowest BCUT2D eigenvalue weighted by Crippen LogP contribution is -2.32. The normalized spacial score (nSPS) is 15.3. The molecule has 1 aromatic carbocycles. The molecule has 1 fully saturated rings. The Morgan fingerprint density at radius 3 is 2.83 bits per heavy atom. The maximum Gasteiger partial charge on any atom is 0.252 e. The number of hydrogen-bond donors (Lipinski definition) is 1. The van der Waals surface area contributed by atoms with Gasteiger partial charge in [0.25, 0.3) is 5.91 Å². The Morgan fingerprint density at radius 2 is 2.11 bits per heavy atom. The fourth-order valence-electron chi connectivity index (χ4n) is 2.22. The van der Waals surface area contributed by atoms with Crippen LogP contribution in [0.15, 0.2) is 29.2 Å². The molecule has 0 aliphatic heterocycles. The van der Waals surface area contributed by atoms with E-state index in [1.165, 1.54) is 24.6 Å². The number of carbonyl (C=O) groups excluding carboxylic acids is 1. The average Bonchev–Trinajstić information content (AvgIpc) is 2.89. The summed E-state index contributed by atoms with van der Waals surface area (Å²) in [5.74, 6) is 0.358. The summed E-state index contributed by atoms with van der Waals surface area (Å²) < 4.78 is 0. The van der Waals surface area contributed by atoms with E-state index in [1.807, 2.05) is 24.3 Å². The second-order valence-electron chi connectivity index (χ2n) is 4.40. The van der Waals surface area contributed by atoms with E-state index >= 15 is 0 Å². The summed E-state index contributed by atoms with van der Waals surface area (Å²) in [6.07, 6.45) is 4.57. The highest BCUT2D eigenvalue weighted by Crippen LogP contribution is 2.23. The number of thioether (sulfide) groups is 1. The number of nitrogens with one attached hydrogen (secondary N) is 1. The van der Waals surface area contributed by atoms with E-state index in [1.54, 1.807) is 0 Å². The van der Waals surface area contributed by atoms with Crippen LogP contribution in [0.1, 0.15) is 36.0 Å². The van der Waals surface area contributed by atoms with Gasteiger partial charge in [-0.05, 0) is 25.0 Å². The number of amides is 1. The maximum atomic E-state index is 12.2. The van der Waals surface area contributed by atoms with Crippen LogP contribution in [-0.2, 0) is 0 Å². The van der Waals surface area contributed by atoms with E-state index in [0.717, 1.165) is 17.7 Å². The summed E-state index contributed by atoms with van der Waals surface area (Å²) >= 11 is 1.41. The van der Waals surface area contributed by atoms with Crippen LogP contribution in [0.2, 0.25) is 0 Å². The number of hydrogen-bond acceptors (Lipinski definition) is 3. The Hall–Kier alpha value is -1.47. The first-order valence-corrected chi connectivity index (χ1v) is 7.19. The molecule has 0 atom stereocenters. The molecule has 18 heavy (non-hydrogen) atoms. The predicted molar refractivity (Wildman–Crippen MR) is 72.5 cm³/mol. The van der Waals surface area contributed by atoms with Gasteiger partial charge in [0.15, 0.2) is 0 Å². The Balaban J connectivity index is 2.06. The van der Waals surface area contributed by atoms with Gasteiger partial charge in [-0.25, -0.2) is 0 Å². The maximum absolute atomic E-state index is 12.2. The van der Waals surface area contributed by atoms with E-state index < -0.39 is 0 Å². The second-order valence-corrected chi connectivity index (χ2v) is 5.41. The van der Waals surface area contributed by atoms with Gasteiger partial charge >= 0.3 is 0 Å². The molecule has 1 aromatic rings. The van der Waals surface area contributed by atoms with Crippen molar-refractivity contribution in [3.8, 4) is 6.07 Å². The van der Waals surface area contributed by atoms with Gasteiger partial charge in [-0.2, -0.15) is 5.26 Å². The minimum atomic E-state index is -0.0112. The highest BCUT2D eigenvalue weighted by atomic mass is 32.2. The second kappa shape index (κ2) is 6.46. The van der Waals surface area contributed by atoms with Crippen LogP contribution in [0.25, 0.3) is 0 Å². The SMILES string of the molecule is N#CCSc1ccccc1C(=O)NC1CCCC1. The van der Waals surface area contributed by atoms with Crippen molar-refractivity contribution in [3.63, 3.8) is 0 Å². The summed E-state index contributed by atoms with van der Waals surface area (Å²) in [5.41, 5.74) is 0.685. The van der Waals surface area contributed by atoms with E-state index in [-0.39, 0.29) is 5.91 Å². The number of rotatable bonds is 4. The van der Waals surface area contributed by atoms with Crippen LogP contribution in [0, 0.1) is 11.3 Å². The zero-order valence-corrected chi connectivity index (χ0v) is 11.0. The van der Waals surface area contributed by atoms with Crippen molar-refractivity contribution >= 4 is 17.7 Å². The Labute approximate surface area is 112 Å². The molecule has 1 aliphatic rings. The Bertz CT molecular complexity index is 461. The zero-order valence-electron chi connectivity index (χ0n) is 10.2. The van der Waals surface area contributed by atoms with Gasteiger partial charge in [-0.3, -0.25) is 4.79 Å². The molecule has 1 N–H and O–H groups in total. The van der Waals surface area contributed by atoms with Crippen LogP contribution in [0.4, 0.5) is 0 Å². The fourth-order valence-corrected chi connectivity index (χ4v) is 2.93. The van der Waals surface area contributed by atoms with E-state index in [0.29, 0.717) is 17.4 Å². The molecule has 1 aliphatic carbocycles. The van der Waals surface area contributed by atoms with Gasteiger partial charge in [0.1, 0.15) is 0 Å². The molecule has 0 radical (unpaired) electrons. The van der Waals surface area contributed by atoms with Gasteiger partial charge in [-0.15, -0.1) is 11.8 Å². The van der Waals surface area contributed by atoms with Crippen LogP contribution < -0.4 is 5.32 Å². The van der Waals surface area contributed by atoms with Crippen molar-refractivity contribution in [1.29, 1.82) is 5.26 Å². The lowest BCUT2D eigenvalue weighted by atomic mass is 10.2. The topological polar surface area (TPSA) is 52.9 Å². The lowest BCUT2D eigenvalue weighted by Gasteiger charge is -2.13. The molecule has 0 spiro atoms.